The number of nitrogens with two attached hydrogens (primary N) is 1. The maximum Gasteiger partial charge on any atom is 0.126 e. The Morgan fingerprint density at radius 3 is 2.47 bits per heavy atom. The van der Waals surface area contributed by atoms with E-state index in [0.717, 1.165) is 12.6 Å². The molecular formula is C14H20F2N2O. The molecule has 1 fully saturated rings. The molecule has 1 aliphatic rings. The first-order chi connectivity index (χ1) is 8.97. The normalized spacial score (nSPS) is 24.2. The number of rotatable bonds is 3. The third kappa shape index (κ3) is 3.49. The minimum Gasteiger partial charge on any atom is -0.374 e. The lowest BCUT2D eigenvalue weighted by Gasteiger charge is -2.38. The number of hydrogen-bond acceptors (Lipinski definition) is 3. The summed E-state index contributed by atoms with van der Waals surface area (Å²) in [7, 11) is 0. The molecular weight excluding hydrogens is 250 g/mol. The molecule has 1 aromatic carbocycles. The van der Waals surface area contributed by atoms with Crippen molar-refractivity contribution >= 4 is 0 Å². The fourth-order valence-corrected chi connectivity index (χ4v) is 2.39. The molecule has 3 unspecified atom stereocenters. The summed E-state index contributed by atoms with van der Waals surface area (Å²) in [4.78, 5) is 2.14. The summed E-state index contributed by atoms with van der Waals surface area (Å²) < 4.78 is 32.1. The van der Waals surface area contributed by atoms with Crippen molar-refractivity contribution < 1.29 is 13.5 Å². The van der Waals surface area contributed by atoms with Gasteiger partial charge in [0, 0.05) is 31.2 Å². The Labute approximate surface area is 112 Å². The highest BCUT2D eigenvalue weighted by molar-refractivity contribution is 5.21. The molecule has 3 atom stereocenters. The molecule has 0 aromatic heterocycles. The standard InChI is InChI=1S/C14H20F2N2O/c1-9(17)14-8-18(3-4-19-14)10(2)11-5-12(15)7-13(16)6-11/h5-7,9-10,14H,3-4,8,17H2,1-2H3. The van der Waals surface area contributed by atoms with E-state index in [0.29, 0.717) is 18.7 Å². The minimum atomic E-state index is -0.543. The van der Waals surface area contributed by atoms with Gasteiger partial charge in [0.15, 0.2) is 0 Å². The van der Waals surface area contributed by atoms with E-state index in [9.17, 15) is 8.78 Å². The Morgan fingerprint density at radius 1 is 1.26 bits per heavy atom. The highest BCUT2D eigenvalue weighted by Gasteiger charge is 2.27. The Kier molecular flexibility index (Phi) is 4.50. The number of ether oxygens (including phenoxy) is 1. The number of hydrogen-bond donors (Lipinski definition) is 1. The molecule has 0 aliphatic carbocycles. The van der Waals surface area contributed by atoms with Crippen LogP contribution in [0.15, 0.2) is 18.2 Å². The van der Waals surface area contributed by atoms with Crippen LogP contribution in [0.4, 0.5) is 8.78 Å². The number of benzene rings is 1. The van der Waals surface area contributed by atoms with E-state index in [1.165, 1.54) is 12.1 Å². The average Bonchev–Trinajstić information content (AvgIpc) is 2.37. The topological polar surface area (TPSA) is 38.5 Å². The van der Waals surface area contributed by atoms with E-state index in [2.05, 4.69) is 4.90 Å². The van der Waals surface area contributed by atoms with E-state index in [4.69, 9.17) is 10.5 Å². The van der Waals surface area contributed by atoms with Crippen LogP contribution in [0.25, 0.3) is 0 Å². The van der Waals surface area contributed by atoms with Gasteiger partial charge in [-0.2, -0.15) is 0 Å². The summed E-state index contributed by atoms with van der Waals surface area (Å²) in [6, 6.07) is 3.53. The first kappa shape index (κ1) is 14.4. The smallest absolute Gasteiger partial charge is 0.126 e. The predicted molar refractivity (Wildman–Crippen MR) is 69.7 cm³/mol. The molecule has 0 radical (unpaired) electrons. The molecule has 1 heterocycles. The van der Waals surface area contributed by atoms with Crippen LogP contribution in [0.5, 0.6) is 0 Å². The van der Waals surface area contributed by atoms with Gasteiger partial charge in [0.05, 0.1) is 12.7 Å². The van der Waals surface area contributed by atoms with Gasteiger partial charge in [0.2, 0.25) is 0 Å². The Morgan fingerprint density at radius 2 is 1.89 bits per heavy atom. The summed E-state index contributed by atoms with van der Waals surface area (Å²) in [5.74, 6) is -1.09. The van der Waals surface area contributed by atoms with E-state index in [1.807, 2.05) is 13.8 Å². The van der Waals surface area contributed by atoms with Gasteiger partial charge in [-0.3, -0.25) is 4.90 Å². The van der Waals surface area contributed by atoms with Crippen LogP contribution in [0.3, 0.4) is 0 Å². The summed E-state index contributed by atoms with van der Waals surface area (Å²) in [5, 5.41) is 0. The molecule has 0 spiro atoms. The van der Waals surface area contributed by atoms with Crippen molar-refractivity contribution in [2.24, 2.45) is 5.73 Å². The second-order valence-electron chi connectivity index (χ2n) is 5.14. The first-order valence-electron chi connectivity index (χ1n) is 6.54. The van der Waals surface area contributed by atoms with E-state index < -0.39 is 11.6 Å². The quantitative estimate of drug-likeness (QED) is 0.914. The van der Waals surface area contributed by atoms with Gasteiger partial charge in [-0.25, -0.2) is 8.78 Å². The second-order valence-corrected chi connectivity index (χ2v) is 5.14. The maximum atomic E-state index is 13.3. The zero-order valence-corrected chi connectivity index (χ0v) is 11.3. The number of nitrogens with zero attached hydrogens (tertiary/aromatic N) is 1. The SMILES string of the molecule is CC(N)C1CN(C(C)c2cc(F)cc(F)c2)CCO1. The van der Waals surface area contributed by atoms with Crippen molar-refractivity contribution in [3.05, 3.63) is 35.4 Å². The summed E-state index contributed by atoms with van der Waals surface area (Å²) in [5.41, 5.74) is 6.49. The molecule has 1 saturated heterocycles. The third-order valence-corrected chi connectivity index (χ3v) is 3.63. The maximum absolute atomic E-state index is 13.3. The van der Waals surface area contributed by atoms with Crippen molar-refractivity contribution in [2.75, 3.05) is 19.7 Å². The molecule has 19 heavy (non-hydrogen) atoms. The van der Waals surface area contributed by atoms with Crippen molar-refractivity contribution in [1.29, 1.82) is 0 Å². The van der Waals surface area contributed by atoms with Crippen LogP contribution in [0, 0.1) is 11.6 Å². The molecule has 1 aromatic rings. The van der Waals surface area contributed by atoms with Gasteiger partial charge in [-0.05, 0) is 31.5 Å². The minimum absolute atomic E-state index is 0.0328. The Bertz CT molecular complexity index is 419. The number of morpholine rings is 1. The van der Waals surface area contributed by atoms with Gasteiger partial charge in [0.25, 0.3) is 0 Å². The lowest BCUT2D eigenvalue weighted by atomic mass is 10.0. The van der Waals surface area contributed by atoms with Gasteiger partial charge >= 0.3 is 0 Å². The van der Waals surface area contributed by atoms with Gasteiger partial charge in [-0.15, -0.1) is 0 Å². The molecule has 3 nitrogen and oxygen atoms in total. The predicted octanol–water partition coefficient (Wildman–Crippen LogP) is 2.07. The average molecular weight is 270 g/mol. The van der Waals surface area contributed by atoms with Crippen LogP contribution < -0.4 is 5.73 Å². The lowest BCUT2D eigenvalue weighted by molar-refractivity contribution is -0.0498. The molecule has 2 N–H and O–H groups in total. The largest absolute Gasteiger partial charge is 0.374 e. The van der Waals surface area contributed by atoms with Crippen LogP contribution in [0.2, 0.25) is 0 Å². The van der Waals surface area contributed by atoms with Gasteiger partial charge < -0.3 is 10.5 Å². The van der Waals surface area contributed by atoms with Gasteiger partial charge in [-0.1, -0.05) is 0 Å². The molecule has 1 aliphatic heterocycles. The summed E-state index contributed by atoms with van der Waals surface area (Å²) in [6.07, 6.45) is -0.0328. The lowest BCUT2D eigenvalue weighted by Crippen LogP contribution is -2.50. The fourth-order valence-electron chi connectivity index (χ4n) is 2.39. The van der Waals surface area contributed by atoms with Crippen LogP contribution in [0.1, 0.15) is 25.5 Å². The second kappa shape index (κ2) is 5.94. The molecule has 0 bridgehead atoms. The fraction of sp³-hybridized carbons (Fsp3) is 0.571. The van der Waals surface area contributed by atoms with Crippen LogP contribution in [-0.4, -0.2) is 36.7 Å². The first-order valence-corrected chi connectivity index (χ1v) is 6.54. The highest BCUT2D eigenvalue weighted by Crippen LogP contribution is 2.24. The highest BCUT2D eigenvalue weighted by atomic mass is 19.1. The van der Waals surface area contributed by atoms with Crippen molar-refractivity contribution in [3.8, 4) is 0 Å². The van der Waals surface area contributed by atoms with E-state index >= 15 is 0 Å². The zero-order valence-electron chi connectivity index (χ0n) is 11.3. The molecule has 0 amide bonds. The van der Waals surface area contributed by atoms with Gasteiger partial charge in [0.1, 0.15) is 11.6 Å². The third-order valence-electron chi connectivity index (χ3n) is 3.63. The summed E-state index contributed by atoms with van der Waals surface area (Å²) in [6.45, 7) is 5.85. The Hall–Kier alpha value is -1.04. The molecule has 2 rings (SSSR count). The molecule has 5 heteroatoms. The monoisotopic (exact) mass is 270 g/mol. The Balaban J connectivity index is 2.12. The molecule has 0 saturated carbocycles. The molecule has 106 valence electrons. The van der Waals surface area contributed by atoms with Crippen LogP contribution >= 0.6 is 0 Å². The van der Waals surface area contributed by atoms with Crippen molar-refractivity contribution in [1.82, 2.24) is 4.90 Å². The van der Waals surface area contributed by atoms with E-state index in [-0.39, 0.29) is 18.2 Å². The van der Waals surface area contributed by atoms with Crippen molar-refractivity contribution in [3.63, 3.8) is 0 Å². The van der Waals surface area contributed by atoms with E-state index in [1.54, 1.807) is 0 Å². The zero-order chi connectivity index (χ0) is 14.0. The van der Waals surface area contributed by atoms with Crippen LogP contribution in [-0.2, 0) is 4.74 Å². The number of halogens is 2. The summed E-state index contributed by atoms with van der Waals surface area (Å²) >= 11 is 0. The van der Waals surface area contributed by atoms with Crippen molar-refractivity contribution in [2.45, 2.75) is 32.0 Å².